The first kappa shape index (κ1) is 15.5. The monoisotopic (exact) mass is 312 g/mol. The molecule has 0 bridgehead atoms. The SMILES string of the molecule is C#C/C=C\C[C@@H]1O[C@@H](C(Br)CC)C/C=C\C[C@@H]1O. The van der Waals surface area contributed by atoms with Gasteiger partial charge in [0.1, 0.15) is 0 Å². The van der Waals surface area contributed by atoms with E-state index in [1.165, 1.54) is 0 Å². The second-order valence-electron chi connectivity index (χ2n) is 4.45. The topological polar surface area (TPSA) is 29.5 Å². The fraction of sp³-hybridized carbons (Fsp3) is 0.600. The van der Waals surface area contributed by atoms with Crippen molar-refractivity contribution < 1.29 is 9.84 Å². The highest BCUT2D eigenvalue weighted by Crippen LogP contribution is 2.24. The highest BCUT2D eigenvalue weighted by atomic mass is 79.9. The van der Waals surface area contributed by atoms with Gasteiger partial charge >= 0.3 is 0 Å². The lowest BCUT2D eigenvalue weighted by molar-refractivity contribution is -0.0749. The summed E-state index contributed by atoms with van der Waals surface area (Å²) in [6, 6.07) is 0. The summed E-state index contributed by atoms with van der Waals surface area (Å²) in [6.07, 6.45) is 15.5. The third kappa shape index (κ3) is 4.97. The zero-order valence-electron chi connectivity index (χ0n) is 10.8. The highest BCUT2D eigenvalue weighted by Gasteiger charge is 2.26. The fourth-order valence-electron chi connectivity index (χ4n) is 1.97. The molecule has 1 aliphatic rings. The summed E-state index contributed by atoms with van der Waals surface area (Å²) in [7, 11) is 0. The number of halogens is 1. The van der Waals surface area contributed by atoms with Gasteiger partial charge in [-0.15, -0.1) is 6.42 Å². The zero-order chi connectivity index (χ0) is 13.4. The van der Waals surface area contributed by atoms with Crippen molar-refractivity contribution in [2.45, 2.75) is 55.7 Å². The molecule has 3 heteroatoms. The number of hydrogen-bond acceptors (Lipinski definition) is 2. The molecule has 4 atom stereocenters. The molecule has 1 heterocycles. The van der Waals surface area contributed by atoms with Gasteiger partial charge in [0, 0.05) is 4.83 Å². The summed E-state index contributed by atoms with van der Waals surface area (Å²) in [5, 5.41) is 10.1. The number of allylic oxidation sites excluding steroid dienone is 1. The summed E-state index contributed by atoms with van der Waals surface area (Å²) in [6.45, 7) is 2.12. The number of terminal acetylenes is 1. The van der Waals surface area contributed by atoms with Crippen molar-refractivity contribution in [2.24, 2.45) is 0 Å². The Labute approximate surface area is 118 Å². The van der Waals surface area contributed by atoms with Crippen LogP contribution in [-0.2, 0) is 4.74 Å². The van der Waals surface area contributed by atoms with E-state index in [9.17, 15) is 5.11 Å². The summed E-state index contributed by atoms with van der Waals surface area (Å²) in [5.74, 6) is 2.45. The molecule has 0 saturated carbocycles. The maximum atomic E-state index is 10.1. The molecule has 0 radical (unpaired) electrons. The standard InChI is InChI=1S/C15H21BrO2/c1-3-5-6-11-15-13(17)9-7-8-10-14(18-15)12(16)4-2/h1,5-8,12-15,17H,4,9-11H2,2H3/b6-5-,8-7-/t12?,13-,14+,15-/m0/s1. The number of rotatable bonds is 4. The molecule has 0 aromatic carbocycles. The van der Waals surface area contributed by atoms with Crippen molar-refractivity contribution in [1.29, 1.82) is 0 Å². The third-order valence-corrected chi connectivity index (χ3v) is 4.30. The van der Waals surface area contributed by atoms with E-state index in [1.54, 1.807) is 6.08 Å². The van der Waals surface area contributed by atoms with Gasteiger partial charge in [-0.2, -0.15) is 0 Å². The van der Waals surface area contributed by atoms with E-state index in [4.69, 9.17) is 11.2 Å². The molecule has 1 rings (SSSR count). The molecule has 0 saturated heterocycles. The van der Waals surface area contributed by atoms with Gasteiger partial charge in [0.15, 0.2) is 0 Å². The van der Waals surface area contributed by atoms with Gasteiger partial charge in [-0.05, 0) is 31.8 Å². The molecular weight excluding hydrogens is 292 g/mol. The van der Waals surface area contributed by atoms with E-state index >= 15 is 0 Å². The van der Waals surface area contributed by atoms with E-state index in [-0.39, 0.29) is 12.2 Å². The molecule has 0 aromatic rings. The Morgan fingerprint density at radius 2 is 2.28 bits per heavy atom. The van der Waals surface area contributed by atoms with Gasteiger partial charge in [0.2, 0.25) is 0 Å². The van der Waals surface area contributed by atoms with Crippen LogP contribution in [0.15, 0.2) is 24.3 Å². The van der Waals surface area contributed by atoms with Gasteiger partial charge < -0.3 is 9.84 Å². The van der Waals surface area contributed by atoms with E-state index < -0.39 is 6.10 Å². The molecule has 100 valence electrons. The fourth-order valence-corrected chi connectivity index (χ4v) is 2.31. The molecule has 18 heavy (non-hydrogen) atoms. The van der Waals surface area contributed by atoms with Crippen molar-refractivity contribution in [1.82, 2.24) is 0 Å². The molecule has 0 amide bonds. The van der Waals surface area contributed by atoms with Crippen LogP contribution in [0.3, 0.4) is 0 Å². The molecule has 1 unspecified atom stereocenters. The van der Waals surface area contributed by atoms with E-state index in [1.807, 2.05) is 12.2 Å². The Bertz CT molecular complexity index is 330. The zero-order valence-corrected chi connectivity index (χ0v) is 12.3. The normalized spacial score (nSPS) is 32.4. The average Bonchev–Trinajstić information content (AvgIpc) is 2.37. The molecule has 0 aromatic heterocycles. The van der Waals surface area contributed by atoms with Gasteiger partial charge in [-0.3, -0.25) is 0 Å². The lowest BCUT2D eigenvalue weighted by atomic mass is 10.0. The van der Waals surface area contributed by atoms with Crippen LogP contribution in [0.2, 0.25) is 0 Å². The Morgan fingerprint density at radius 3 is 2.94 bits per heavy atom. The quantitative estimate of drug-likeness (QED) is 0.491. The Morgan fingerprint density at radius 1 is 1.56 bits per heavy atom. The van der Waals surface area contributed by atoms with Crippen LogP contribution in [0.4, 0.5) is 0 Å². The number of aliphatic hydroxyl groups is 1. The van der Waals surface area contributed by atoms with Crippen molar-refractivity contribution in [3.05, 3.63) is 24.3 Å². The van der Waals surface area contributed by atoms with Crippen molar-refractivity contribution in [2.75, 3.05) is 0 Å². The predicted octanol–water partition coefficient (Wildman–Crippen LogP) is 3.20. The minimum Gasteiger partial charge on any atom is -0.390 e. The smallest absolute Gasteiger partial charge is 0.0876 e. The Hall–Kier alpha value is -0.560. The lowest BCUT2D eigenvalue weighted by Crippen LogP contribution is -2.36. The molecule has 0 aliphatic carbocycles. The number of ether oxygens (including phenoxy) is 1. The number of hydrogen-bond donors (Lipinski definition) is 1. The van der Waals surface area contributed by atoms with Crippen LogP contribution in [0, 0.1) is 12.3 Å². The van der Waals surface area contributed by atoms with Crippen LogP contribution >= 0.6 is 15.9 Å². The Kier molecular flexibility index (Phi) is 7.34. The third-order valence-electron chi connectivity index (χ3n) is 3.07. The maximum Gasteiger partial charge on any atom is 0.0876 e. The van der Waals surface area contributed by atoms with E-state index in [2.05, 4.69) is 34.9 Å². The number of aliphatic hydroxyl groups excluding tert-OH is 1. The number of alkyl halides is 1. The minimum absolute atomic E-state index is 0.102. The molecule has 1 aliphatic heterocycles. The molecule has 2 nitrogen and oxygen atoms in total. The van der Waals surface area contributed by atoms with Crippen molar-refractivity contribution in [3.63, 3.8) is 0 Å². The summed E-state index contributed by atoms with van der Waals surface area (Å²) in [4.78, 5) is 0.312. The first-order chi connectivity index (χ1) is 8.69. The predicted molar refractivity (Wildman–Crippen MR) is 78.6 cm³/mol. The molecule has 1 N–H and O–H groups in total. The van der Waals surface area contributed by atoms with Crippen LogP contribution in [-0.4, -0.2) is 28.2 Å². The van der Waals surface area contributed by atoms with E-state index in [0.717, 1.165) is 12.8 Å². The second kappa shape index (κ2) is 8.53. The molecule has 0 fully saturated rings. The van der Waals surface area contributed by atoms with Gasteiger partial charge in [-0.1, -0.05) is 47.0 Å². The summed E-state index contributed by atoms with van der Waals surface area (Å²) < 4.78 is 6.03. The highest BCUT2D eigenvalue weighted by molar-refractivity contribution is 9.09. The average molecular weight is 313 g/mol. The Balaban J connectivity index is 2.69. The largest absolute Gasteiger partial charge is 0.390 e. The van der Waals surface area contributed by atoms with Crippen LogP contribution in [0.25, 0.3) is 0 Å². The van der Waals surface area contributed by atoms with Crippen LogP contribution in [0.1, 0.15) is 32.6 Å². The second-order valence-corrected chi connectivity index (χ2v) is 5.63. The van der Waals surface area contributed by atoms with Gasteiger partial charge in [0.05, 0.1) is 18.3 Å². The van der Waals surface area contributed by atoms with Gasteiger partial charge in [-0.25, -0.2) is 0 Å². The first-order valence-electron chi connectivity index (χ1n) is 6.42. The first-order valence-corrected chi connectivity index (χ1v) is 7.34. The van der Waals surface area contributed by atoms with E-state index in [0.29, 0.717) is 17.7 Å². The lowest BCUT2D eigenvalue weighted by Gasteiger charge is -2.30. The minimum atomic E-state index is -0.469. The van der Waals surface area contributed by atoms with Crippen molar-refractivity contribution >= 4 is 15.9 Å². The molecular formula is C15H21BrO2. The van der Waals surface area contributed by atoms with Crippen LogP contribution in [0.5, 0.6) is 0 Å². The summed E-state index contributed by atoms with van der Waals surface area (Å²) in [5.41, 5.74) is 0. The van der Waals surface area contributed by atoms with Gasteiger partial charge in [0.25, 0.3) is 0 Å². The summed E-state index contributed by atoms with van der Waals surface area (Å²) >= 11 is 3.64. The maximum absolute atomic E-state index is 10.1. The molecule has 0 spiro atoms. The van der Waals surface area contributed by atoms with Crippen LogP contribution < -0.4 is 0 Å². The van der Waals surface area contributed by atoms with Crippen molar-refractivity contribution in [3.8, 4) is 12.3 Å².